The first-order valence-corrected chi connectivity index (χ1v) is 34.1. The summed E-state index contributed by atoms with van der Waals surface area (Å²) in [5, 5.41) is 23.2. The summed E-state index contributed by atoms with van der Waals surface area (Å²) in [5.41, 5.74) is 0. The number of ether oxygens (including phenoxy) is 1. The SMILES string of the molecule is CCCCCCCC/C=C\CCCCCCCC(=O)OCCCCCCCCCCCCCCCCCCCCCCCCCCCCCCC(=O)NC(CO)C(O)/C=C/CCCCCCCCCCCCCCC. The van der Waals surface area contributed by atoms with Crippen molar-refractivity contribution in [1.82, 2.24) is 5.32 Å². The van der Waals surface area contributed by atoms with Crippen LogP contribution in [0.3, 0.4) is 0 Å². The molecule has 6 heteroatoms. The Hall–Kier alpha value is -1.66. The summed E-state index contributed by atoms with van der Waals surface area (Å²) in [7, 11) is 0. The first kappa shape index (κ1) is 73.3. The molecule has 0 saturated heterocycles. The first-order chi connectivity index (χ1) is 37.0. The Morgan fingerprint density at radius 1 is 0.360 bits per heavy atom. The average Bonchev–Trinajstić information content (AvgIpc) is 3.41. The van der Waals surface area contributed by atoms with Gasteiger partial charge in [-0.25, -0.2) is 0 Å². The minimum atomic E-state index is -0.842. The molecule has 0 fully saturated rings. The quantitative estimate of drug-likeness (QED) is 0.0320. The van der Waals surface area contributed by atoms with E-state index in [4.69, 9.17) is 4.74 Å². The van der Waals surface area contributed by atoms with Crippen LogP contribution in [0.4, 0.5) is 0 Å². The second-order valence-corrected chi connectivity index (χ2v) is 23.5. The Balaban J connectivity index is 3.35. The normalized spacial score (nSPS) is 12.6. The maximum atomic E-state index is 12.5. The van der Waals surface area contributed by atoms with E-state index in [0.717, 1.165) is 44.9 Å². The predicted molar refractivity (Wildman–Crippen MR) is 329 cm³/mol. The standard InChI is InChI=1S/C69H133NO5/c1-3-5-7-9-11-13-15-17-33-37-41-45-49-53-57-61-67(72)66(65-71)70-68(73)62-58-54-50-46-42-38-35-31-29-27-25-23-21-19-20-22-24-26-28-30-32-36-40-44-48-52-56-60-64-75-69(74)63-59-55-51-47-43-39-34-18-16-14-12-10-8-6-4-2/h18,34,57,61,66-67,71-72H,3-17,19-33,35-56,58-60,62-65H2,1-2H3,(H,70,73)/b34-18-,61-57+. The van der Waals surface area contributed by atoms with Crippen LogP contribution in [-0.4, -0.2) is 47.4 Å². The molecule has 0 radical (unpaired) electrons. The van der Waals surface area contributed by atoms with Gasteiger partial charge in [0, 0.05) is 12.8 Å². The molecule has 2 atom stereocenters. The van der Waals surface area contributed by atoms with Gasteiger partial charge in [-0.15, -0.1) is 0 Å². The highest BCUT2D eigenvalue weighted by Gasteiger charge is 2.18. The number of aliphatic hydroxyl groups is 2. The van der Waals surface area contributed by atoms with Gasteiger partial charge in [0.15, 0.2) is 0 Å². The van der Waals surface area contributed by atoms with E-state index >= 15 is 0 Å². The van der Waals surface area contributed by atoms with E-state index in [9.17, 15) is 19.8 Å². The van der Waals surface area contributed by atoms with Crippen molar-refractivity contribution in [2.75, 3.05) is 13.2 Å². The van der Waals surface area contributed by atoms with Crippen molar-refractivity contribution in [2.45, 2.75) is 392 Å². The largest absolute Gasteiger partial charge is 0.466 e. The third kappa shape index (κ3) is 61.4. The van der Waals surface area contributed by atoms with Crippen molar-refractivity contribution in [2.24, 2.45) is 0 Å². The van der Waals surface area contributed by atoms with Crippen LogP contribution in [0.25, 0.3) is 0 Å². The molecule has 0 rings (SSSR count). The van der Waals surface area contributed by atoms with Crippen LogP contribution in [0.15, 0.2) is 24.3 Å². The number of esters is 1. The van der Waals surface area contributed by atoms with Gasteiger partial charge in [-0.3, -0.25) is 9.59 Å². The molecule has 0 aromatic carbocycles. The fraction of sp³-hybridized carbons (Fsp3) is 0.913. The van der Waals surface area contributed by atoms with E-state index in [1.54, 1.807) is 6.08 Å². The molecule has 444 valence electrons. The number of hydrogen-bond acceptors (Lipinski definition) is 5. The summed E-state index contributed by atoms with van der Waals surface area (Å²) in [6, 6.07) is -0.625. The molecule has 0 saturated carbocycles. The Morgan fingerprint density at radius 3 is 0.947 bits per heavy atom. The molecule has 3 N–H and O–H groups in total. The molecule has 0 spiro atoms. The maximum absolute atomic E-state index is 12.5. The van der Waals surface area contributed by atoms with E-state index in [2.05, 4.69) is 31.3 Å². The van der Waals surface area contributed by atoms with Gasteiger partial charge in [0.1, 0.15) is 0 Å². The van der Waals surface area contributed by atoms with Crippen molar-refractivity contribution in [3.05, 3.63) is 24.3 Å². The zero-order chi connectivity index (χ0) is 54.3. The molecule has 0 bridgehead atoms. The van der Waals surface area contributed by atoms with Crippen molar-refractivity contribution in [3.63, 3.8) is 0 Å². The second-order valence-electron chi connectivity index (χ2n) is 23.5. The summed E-state index contributed by atoms with van der Waals surface area (Å²) in [5.74, 6) is -0.0516. The summed E-state index contributed by atoms with van der Waals surface area (Å²) >= 11 is 0. The van der Waals surface area contributed by atoms with Crippen molar-refractivity contribution >= 4 is 11.9 Å². The molecule has 0 aliphatic rings. The van der Waals surface area contributed by atoms with Gasteiger partial charge in [0.05, 0.1) is 25.4 Å². The van der Waals surface area contributed by atoms with Crippen molar-refractivity contribution < 1.29 is 24.5 Å². The lowest BCUT2D eigenvalue weighted by Gasteiger charge is -2.20. The molecule has 6 nitrogen and oxygen atoms in total. The lowest BCUT2D eigenvalue weighted by Crippen LogP contribution is -2.45. The van der Waals surface area contributed by atoms with Crippen LogP contribution < -0.4 is 5.32 Å². The summed E-state index contributed by atoms with van der Waals surface area (Å²) in [4.78, 5) is 24.5. The fourth-order valence-corrected chi connectivity index (χ4v) is 10.7. The van der Waals surface area contributed by atoms with Gasteiger partial charge in [0.2, 0.25) is 5.91 Å². The third-order valence-corrected chi connectivity index (χ3v) is 16.0. The number of unbranched alkanes of at least 4 members (excludes halogenated alkanes) is 51. The molecule has 0 aromatic rings. The van der Waals surface area contributed by atoms with Crippen LogP contribution in [0.5, 0.6) is 0 Å². The summed E-state index contributed by atoms with van der Waals surface area (Å²) < 4.78 is 5.49. The minimum absolute atomic E-state index is 0.0110. The highest BCUT2D eigenvalue weighted by Crippen LogP contribution is 2.18. The van der Waals surface area contributed by atoms with Crippen molar-refractivity contribution in [1.29, 1.82) is 0 Å². The molecule has 2 unspecified atom stereocenters. The van der Waals surface area contributed by atoms with Gasteiger partial charge >= 0.3 is 5.97 Å². The Morgan fingerprint density at radius 2 is 0.627 bits per heavy atom. The van der Waals surface area contributed by atoms with Crippen LogP contribution in [0.1, 0.15) is 380 Å². The van der Waals surface area contributed by atoms with Crippen LogP contribution in [0.2, 0.25) is 0 Å². The third-order valence-electron chi connectivity index (χ3n) is 16.0. The molecule has 0 heterocycles. The monoisotopic (exact) mass is 1060 g/mol. The Labute approximate surface area is 469 Å². The van der Waals surface area contributed by atoms with Crippen molar-refractivity contribution in [3.8, 4) is 0 Å². The van der Waals surface area contributed by atoms with E-state index in [0.29, 0.717) is 19.4 Å². The predicted octanol–water partition coefficient (Wildman–Crippen LogP) is 21.8. The maximum Gasteiger partial charge on any atom is 0.305 e. The topological polar surface area (TPSA) is 95.9 Å². The number of carbonyl (C=O) groups is 2. The molecule has 1 amide bonds. The first-order valence-electron chi connectivity index (χ1n) is 34.1. The molecular formula is C69H133NO5. The zero-order valence-electron chi connectivity index (χ0n) is 50.8. The number of aliphatic hydroxyl groups excluding tert-OH is 2. The highest BCUT2D eigenvalue weighted by molar-refractivity contribution is 5.76. The number of rotatable bonds is 64. The smallest absolute Gasteiger partial charge is 0.305 e. The number of allylic oxidation sites excluding steroid dienone is 3. The molecule has 0 aliphatic carbocycles. The Bertz CT molecular complexity index is 1170. The van der Waals surface area contributed by atoms with E-state index < -0.39 is 12.1 Å². The van der Waals surface area contributed by atoms with E-state index in [1.807, 2.05) is 6.08 Å². The average molecular weight is 1060 g/mol. The lowest BCUT2D eigenvalue weighted by molar-refractivity contribution is -0.143. The Kier molecular flexibility index (Phi) is 63.4. The van der Waals surface area contributed by atoms with E-state index in [1.165, 1.54) is 308 Å². The highest BCUT2D eigenvalue weighted by atomic mass is 16.5. The number of nitrogens with one attached hydrogen (secondary N) is 1. The lowest BCUT2D eigenvalue weighted by atomic mass is 10.0. The molecule has 0 aromatic heterocycles. The minimum Gasteiger partial charge on any atom is -0.466 e. The van der Waals surface area contributed by atoms with Crippen LogP contribution in [-0.2, 0) is 14.3 Å². The molecular weight excluding hydrogens is 923 g/mol. The summed E-state index contributed by atoms with van der Waals surface area (Å²) in [6.07, 6.45) is 81.1. The number of hydrogen-bond donors (Lipinski definition) is 3. The molecule has 0 aliphatic heterocycles. The molecule has 75 heavy (non-hydrogen) atoms. The van der Waals surface area contributed by atoms with Crippen LogP contribution >= 0.6 is 0 Å². The zero-order valence-corrected chi connectivity index (χ0v) is 50.8. The van der Waals surface area contributed by atoms with E-state index in [-0.39, 0.29) is 18.5 Å². The number of carbonyl (C=O) groups excluding carboxylic acids is 2. The van der Waals surface area contributed by atoms with Gasteiger partial charge in [0.25, 0.3) is 0 Å². The second kappa shape index (κ2) is 64.9. The summed E-state index contributed by atoms with van der Waals surface area (Å²) in [6.45, 7) is 4.92. The van der Waals surface area contributed by atoms with Gasteiger partial charge in [-0.1, -0.05) is 334 Å². The van der Waals surface area contributed by atoms with Crippen LogP contribution in [0, 0.1) is 0 Å². The fourth-order valence-electron chi connectivity index (χ4n) is 10.7. The number of amides is 1. The van der Waals surface area contributed by atoms with Gasteiger partial charge in [-0.05, 0) is 57.8 Å². The van der Waals surface area contributed by atoms with Gasteiger partial charge < -0.3 is 20.3 Å². The van der Waals surface area contributed by atoms with Gasteiger partial charge in [-0.2, -0.15) is 0 Å².